The molecule has 102 valence electrons. The lowest BCUT2D eigenvalue weighted by atomic mass is 10.3. The first-order valence-corrected chi connectivity index (χ1v) is 7.79. The monoisotopic (exact) mass is 290 g/mol. The minimum atomic E-state index is -0.904. The fourth-order valence-corrected chi connectivity index (χ4v) is 3.81. The summed E-state index contributed by atoms with van der Waals surface area (Å²) < 4.78 is 10.3. The van der Waals surface area contributed by atoms with Crippen LogP contribution in [-0.4, -0.2) is 40.2 Å². The zero-order valence-corrected chi connectivity index (χ0v) is 12.5. The Morgan fingerprint density at radius 1 is 1.39 bits per heavy atom. The average Bonchev–Trinajstić information content (AvgIpc) is 2.28. The molecule has 6 heteroatoms. The predicted molar refractivity (Wildman–Crippen MR) is 74.6 cm³/mol. The maximum atomic E-state index is 11.8. The van der Waals surface area contributed by atoms with E-state index in [0.717, 1.165) is 17.3 Å². The number of hydrogen-bond donors (Lipinski definition) is 0. The molecular formula is C12H18O4S2. The Labute approximate surface area is 116 Å². The Morgan fingerprint density at radius 2 is 2.06 bits per heavy atom. The van der Waals surface area contributed by atoms with Gasteiger partial charge in [0, 0.05) is 22.8 Å². The Hall–Kier alpha value is -0.620. The molecule has 0 radical (unpaired) electrons. The first-order chi connectivity index (χ1) is 8.34. The van der Waals surface area contributed by atoms with Crippen molar-refractivity contribution >= 4 is 35.5 Å². The van der Waals surface area contributed by atoms with E-state index in [1.807, 2.05) is 6.92 Å². The Kier molecular flexibility index (Phi) is 5.59. The van der Waals surface area contributed by atoms with Gasteiger partial charge in [0.05, 0.1) is 0 Å². The third kappa shape index (κ3) is 4.57. The van der Waals surface area contributed by atoms with Gasteiger partial charge < -0.3 is 9.47 Å². The second-order valence-electron chi connectivity index (χ2n) is 4.28. The zero-order valence-electron chi connectivity index (χ0n) is 10.9. The highest BCUT2D eigenvalue weighted by Gasteiger charge is 2.34. The lowest BCUT2D eigenvalue weighted by Crippen LogP contribution is -2.38. The van der Waals surface area contributed by atoms with Crippen molar-refractivity contribution in [2.45, 2.75) is 31.8 Å². The summed E-state index contributed by atoms with van der Waals surface area (Å²) in [5, 5.41) is 0. The fraction of sp³-hybridized carbons (Fsp3) is 0.667. The van der Waals surface area contributed by atoms with Crippen molar-refractivity contribution < 1.29 is 19.1 Å². The summed E-state index contributed by atoms with van der Waals surface area (Å²) in [4.78, 5) is 22.6. The molecule has 0 spiro atoms. The van der Waals surface area contributed by atoms with Gasteiger partial charge in [-0.25, -0.2) is 9.59 Å². The average molecular weight is 290 g/mol. The number of ether oxygens (including phenoxy) is 2. The quantitative estimate of drug-likeness (QED) is 0.584. The molecule has 0 amide bonds. The fourth-order valence-electron chi connectivity index (χ4n) is 1.28. The van der Waals surface area contributed by atoms with E-state index in [4.69, 9.17) is 9.47 Å². The van der Waals surface area contributed by atoms with Gasteiger partial charge in [-0.15, -0.1) is 11.8 Å². The normalized spacial score (nSPS) is 25.1. The van der Waals surface area contributed by atoms with Crippen molar-refractivity contribution in [1.29, 1.82) is 0 Å². The number of thioether (sulfide) groups is 2. The summed E-state index contributed by atoms with van der Waals surface area (Å²) >= 11 is 3.37. The molecule has 0 saturated carbocycles. The number of carbonyl (C=O) groups excluding carboxylic acids is 2. The third-order valence-corrected chi connectivity index (χ3v) is 5.22. The van der Waals surface area contributed by atoms with Crippen LogP contribution in [0.2, 0.25) is 0 Å². The molecule has 0 aliphatic carbocycles. The summed E-state index contributed by atoms with van der Waals surface area (Å²) in [6, 6.07) is 0. The summed E-state index contributed by atoms with van der Waals surface area (Å²) in [6.45, 7) is 8.39. The van der Waals surface area contributed by atoms with Crippen LogP contribution in [0.25, 0.3) is 0 Å². The van der Waals surface area contributed by atoms with Crippen LogP contribution >= 0.6 is 23.5 Å². The topological polar surface area (TPSA) is 52.6 Å². The molecule has 2 unspecified atom stereocenters. The largest absolute Gasteiger partial charge is 0.447 e. The van der Waals surface area contributed by atoms with Crippen LogP contribution in [0.15, 0.2) is 12.2 Å². The molecule has 1 fully saturated rings. The number of hydrogen-bond acceptors (Lipinski definition) is 6. The van der Waals surface area contributed by atoms with Gasteiger partial charge in [0.25, 0.3) is 0 Å². The van der Waals surface area contributed by atoms with E-state index in [2.05, 4.69) is 6.58 Å². The molecule has 1 aliphatic rings. The summed E-state index contributed by atoms with van der Waals surface area (Å²) in [5.74, 6) is 1.69. The van der Waals surface area contributed by atoms with Gasteiger partial charge in [0.15, 0.2) is 11.0 Å². The second kappa shape index (κ2) is 6.52. The van der Waals surface area contributed by atoms with Gasteiger partial charge in [-0.3, -0.25) is 0 Å². The molecule has 1 saturated heterocycles. The van der Waals surface area contributed by atoms with E-state index in [9.17, 15) is 9.59 Å². The Bertz CT molecular complexity index is 348. The highest BCUT2D eigenvalue weighted by atomic mass is 32.2. The van der Waals surface area contributed by atoms with Gasteiger partial charge in [-0.1, -0.05) is 6.58 Å². The minimum Gasteiger partial charge on any atom is -0.447 e. The van der Waals surface area contributed by atoms with Crippen LogP contribution in [0.5, 0.6) is 0 Å². The van der Waals surface area contributed by atoms with E-state index in [0.29, 0.717) is 0 Å². The minimum absolute atomic E-state index is 0.267. The van der Waals surface area contributed by atoms with Crippen LogP contribution < -0.4 is 0 Å². The molecule has 18 heavy (non-hydrogen) atoms. The van der Waals surface area contributed by atoms with Crippen molar-refractivity contribution in [3.05, 3.63) is 12.2 Å². The maximum Gasteiger partial charge on any atom is 0.348 e. The maximum absolute atomic E-state index is 11.8. The first-order valence-electron chi connectivity index (χ1n) is 5.65. The highest BCUT2D eigenvalue weighted by molar-refractivity contribution is 8.07. The molecule has 1 aliphatic heterocycles. The van der Waals surface area contributed by atoms with Gasteiger partial charge in [0.2, 0.25) is 0 Å². The van der Waals surface area contributed by atoms with Crippen molar-refractivity contribution in [3.63, 3.8) is 0 Å². The van der Waals surface area contributed by atoms with E-state index >= 15 is 0 Å². The molecule has 2 atom stereocenters. The lowest BCUT2D eigenvalue weighted by Gasteiger charge is -2.32. The molecule has 4 nitrogen and oxygen atoms in total. The number of rotatable bonds is 4. The molecular weight excluding hydrogens is 272 g/mol. The molecule has 0 aromatic heterocycles. The van der Waals surface area contributed by atoms with Crippen molar-refractivity contribution in [2.75, 3.05) is 17.3 Å². The number of esters is 2. The summed E-state index contributed by atoms with van der Waals surface area (Å²) in [6.07, 6.45) is -0.904. The Morgan fingerprint density at radius 3 is 2.56 bits per heavy atom. The van der Waals surface area contributed by atoms with Crippen molar-refractivity contribution in [1.82, 2.24) is 0 Å². The van der Waals surface area contributed by atoms with Crippen molar-refractivity contribution in [3.8, 4) is 0 Å². The van der Waals surface area contributed by atoms with Crippen LogP contribution in [0.3, 0.4) is 0 Å². The Balaban J connectivity index is 2.48. The summed E-state index contributed by atoms with van der Waals surface area (Å²) in [5.41, 5.74) is 0.267. The van der Waals surface area contributed by atoms with Crippen LogP contribution in [0.1, 0.15) is 20.8 Å². The summed E-state index contributed by atoms with van der Waals surface area (Å²) in [7, 11) is 0. The van der Waals surface area contributed by atoms with Gasteiger partial charge in [-0.2, -0.15) is 11.8 Å². The third-order valence-electron chi connectivity index (χ3n) is 2.28. The van der Waals surface area contributed by atoms with Crippen LogP contribution in [0, 0.1) is 0 Å². The van der Waals surface area contributed by atoms with Crippen LogP contribution in [0.4, 0.5) is 0 Å². The standard InChI is InChI=1S/C12H18O4S2/c1-8(2)10(13)15-9(3)11(14)16-12(4)7-17-5-6-18-12/h9H,1,5-7H2,2-4H3. The molecule has 0 aromatic carbocycles. The smallest absolute Gasteiger partial charge is 0.348 e. The van der Waals surface area contributed by atoms with Crippen LogP contribution in [-0.2, 0) is 19.1 Å². The zero-order chi connectivity index (χ0) is 13.8. The molecule has 0 N–H and O–H groups in total. The first kappa shape index (κ1) is 15.4. The van der Waals surface area contributed by atoms with E-state index in [1.54, 1.807) is 23.5 Å². The van der Waals surface area contributed by atoms with Gasteiger partial charge >= 0.3 is 11.9 Å². The van der Waals surface area contributed by atoms with Gasteiger partial charge in [-0.05, 0) is 20.8 Å². The van der Waals surface area contributed by atoms with E-state index in [1.165, 1.54) is 13.8 Å². The molecule has 0 bridgehead atoms. The number of carbonyl (C=O) groups is 2. The van der Waals surface area contributed by atoms with E-state index in [-0.39, 0.29) is 5.57 Å². The highest BCUT2D eigenvalue weighted by Crippen LogP contribution is 2.35. The second-order valence-corrected chi connectivity index (χ2v) is 6.95. The van der Waals surface area contributed by atoms with Crippen molar-refractivity contribution in [2.24, 2.45) is 0 Å². The predicted octanol–water partition coefficient (Wildman–Crippen LogP) is 2.23. The molecule has 0 aromatic rings. The van der Waals surface area contributed by atoms with E-state index < -0.39 is 23.0 Å². The SMILES string of the molecule is C=C(C)C(=O)OC(C)C(=O)OC1(C)CSCCS1. The van der Waals surface area contributed by atoms with Gasteiger partial charge in [0.1, 0.15) is 0 Å². The lowest BCUT2D eigenvalue weighted by molar-refractivity contribution is -0.168. The molecule has 1 heterocycles. The molecule has 1 rings (SSSR count).